The lowest BCUT2D eigenvalue weighted by atomic mass is 9.79. The van der Waals surface area contributed by atoms with Gasteiger partial charge in [-0.25, -0.2) is 0 Å². The van der Waals surface area contributed by atoms with Crippen molar-refractivity contribution >= 4 is 12.4 Å². The van der Waals surface area contributed by atoms with Crippen molar-refractivity contribution in [2.24, 2.45) is 0 Å². The zero-order valence-corrected chi connectivity index (χ0v) is 13.3. The fourth-order valence-corrected chi connectivity index (χ4v) is 3.74. The van der Waals surface area contributed by atoms with E-state index < -0.39 is 0 Å². The fraction of sp³-hybridized carbons (Fsp3) is 0.588. The largest absolute Gasteiger partial charge is 0.314 e. The minimum Gasteiger partial charge on any atom is -0.314 e. The smallest absolute Gasteiger partial charge is 0.0991 e. The molecular weight excluding hydrogens is 282 g/mol. The standard InChI is InChI=1S/C17H23N3.ClH/c18-12-15-4-6-16(7-5-15)13-20-11-10-19-14-17(20)8-2-1-3-9-17;/h4-7,19H,1-3,8-11,13-14H2;1H. The van der Waals surface area contributed by atoms with E-state index in [4.69, 9.17) is 5.26 Å². The average molecular weight is 306 g/mol. The van der Waals surface area contributed by atoms with Crippen LogP contribution < -0.4 is 5.32 Å². The highest BCUT2D eigenvalue weighted by atomic mass is 35.5. The van der Waals surface area contributed by atoms with Crippen LogP contribution >= 0.6 is 12.4 Å². The number of halogens is 1. The molecule has 1 heterocycles. The molecule has 114 valence electrons. The van der Waals surface area contributed by atoms with E-state index in [1.165, 1.54) is 37.7 Å². The molecule has 1 aliphatic heterocycles. The lowest BCUT2D eigenvalue weighted by Gasteiger charge is -2.50. The van der Waals surface area contributed by atoms with Crippen LogP contribution in [-0.2, 0) is 6.54 Å². The number of nitriles is 1. The van der Waals surface area contributed by atoms with Crippen molar-refractivity contribution in [3.63, 3.8) is 0 Å². The molecule has 21 heavy (non-hydrogen) atoms. The molecule has 3 nitrogen and oxygen atoms in total. The first-order valence-corrected chi connectivity index (χ1v) is 7.77. The average Bonchev–Trinajstić information content (AvgIpc) is 2.51. The predicted octanol–water partition coefficient (Wildman–Crippen LogP) is 3.09. The molecule has 1 aliphatic carbocycles. The molecule has 4 heteroatoms. The molecule has 0 bridgehead atoms. The van der Waals surface area contributed by atoms with Crippen molar-refractivity contribution < 1.29 is 0 Å². The molecule has 2 fully saturated rings. The van der Waals surface area contributed by atoms with Crippen molar-refractivity contribution in [1.29, 1.82) is 5.26 Å². The molecule has 0 radical (unpaired) electrons. The third-order valence-corrected chi connectivity index (χ3v) is 4.92. The Morgan fingerprint density at radius 2 is 1.86 bits per heavy atom. The Balaban J connectivity index is 0.00000161. The van der Waals surface area contributed by atoms with Crippen LogP contribution in [0.1, 0.15) is 43.2 Å². The second-order valence-electron chi connectivity index (χ2n) is 6.19. The first kappa shape index (κ1) is 16.3. The highest BCUT2D eigenvalue weighted by Crippen LogP contribution is 2.35. The first-order valence-electron chi connectivity index (χ1n) is 7.77. The van der Waals surface area contributed by atoms with Crippen LogP contribution in [0.15, 0.2) is 24.3 Å². The van der Waals surface area contributed by atoms with E-state index in [1.807, 2.05) is 12.1 Å². The topological polar surface area (TPSA) is 39.1 Å². The van der Waals surface area contributed by atoms with Crippen LogP contribution in [0, 0.1) is 11.3 Å². The van der Waals surface area contributed by atoms with Crippen molar-refractivity contribution in [3.05, 3.63) is 35.4 Å². The van der Waals surface area contributed by atoms with E-state index in [1.54, 1.807) is 0 Å². The molecule has 0 aromatic heterocycles. The van der Waals surface area contributed by atoms with Crippen molar-refractivity contribution in [1.82, 2.24) is 10.2 Å². The highest BCUT2D eigenvalue weighted by molar-refractivity contribution is 5.85. The zero-order chi connectivity index (χ0) is 13.8. The Bertz CT molecular complexity index is 477. The third-order valence-electron chi connectivity index (χ3n) is 4.92. The van der Waals surface area contributed by atoms with Gasteiger partial charge >= 0.3 is 0 Å². The first-order chi connectivity index (χ1) is 9.82. The summed E-state index contributed by atoms with van der Waals surface area (Å²) in [4.78, 5) is 2.68. The second-order valence-corrected chi connectivity index (χ2v) is 6.19. The molecule has 1 aromatic rings. The molecule has 1 saturated heterocycles. The molecule has 2 aliphatic rings. The quantitative estimate of drug-likeness (QED) is 0.912. The SMILES string of the molecule is Cl.N#Cc1ccc(CN2CCNCC23CCCCC3)cc1. The summed E-state index contributed by atoms with van der Waals surface area (Å²) >= 11 is 0. The van der Waals surface area contributed by atoms with Crippen LogP contribution in [0.3, 0.4) is 0 Å². The van der Waals surface area contributed by atoms with E-state index >= 15 is 0 Å². The maximum atomic E-state index is 8.88. The summed E-state index contributed by atoms with van der Waals surface area (Å²) in [7, 11) is 0. The molecule has 1 N–H and O–H groups in total. The van der Waals surface area contributed by atoms with Gasteiger partial charge in [0, 0.05) is 31.7 Å². The van der Waals surface area contributed by atoms with Gasteiger partial charge < -0.3 is 5.32 Å². The van der Waals surface area contributed by atoms with Crippen molar-refractivity contribution in [2.45, 2.75) is 44.2 Å². The highest BCUT2D eigenvalue weighted by Gasteiger charge is 2.39. The summed E-state index contributed by atoms with van der Waals surface area (Å²) in [6.07, 6.45) is 6.79. The van der Waals surface area contributed by atoms with Gasteiger partial charge in [-0.3, -0.25) is 4.90 Å². The van der Waals surface area contributed by atoms with Gasteiger partial charge in [0.15, 0.2) is 0 Å². The molecule has 0 unspecified atom stereocenters. The Labute approximate surface area is 133 Å². The molecule has 0 atom stereocenters. The van der Waals surface area contributed by atoms with Crippen LogP contribution in [0.4, 0.5) is 0 Å². The lowest BCUT2D eigenvalue weighted by Crippen LogP contribution is -2.61. The third kappa shape index (κ3) is 3.58. The van der Waals surface area contributed by atoms with Crippen LogP contribution in [-0.4, -0.2) is 30.1 Å². The van der Waals surface area contributed by atoms with E-state index in [2.05, 4.69) is 28.4 Å². The molecule has 3 rings (SSSR count). The van der Waals surface area contributed by atoms with Crippen molar-refractivity contribution in [3.8, 4) is 6.07 Å². The van der Waals surface area contributed by atoms with E-state index in [-0.39, 0.29) is 12.4 Å². The summed E-state index contributed by atoms with van der Waals surface area (Å²) in [6.45, 7) is 4.40. The maximum absolute atomic E-state index is 8.88. The Morgan fingerprint density at radius 1 is 1.14 bits per heavy atom. The Kier molecular flexibility index (Phi) is 5.64. The number of nitrogens with zero attached hydrogens (tertiary/aromatic N) is 2. The molecular formula is C17H24ClN3. The van der Waals surface area contributed by atoms with Gasteiger partial charge in [-0.15, -0.1) is 12.4 Å². The number of nitrogens with one attached hydrogen (secondary N) is 1. The maximum Gasteiger partial charge on any atom is 0.0991 e. The minimum atomic E-state index is 0. The number of piperazine rings is 1. The van der Waals surface area contributed by atoms with Gasteiger partial charge in [-0.2, -0.15) is 5.26 Å². The molecule has 1 spiro atoms. The number of benzene rings is 1. The van der Waals surface area contributed by atoms with Gasteiger partial charge in [-0.1, -0.05) is 31.4 Å². The lowest BCUT2D eigenvalue weighted by molar-refractivity contribution is 0.0209. The summed E-state index contributed by atoms with van der Waals surface area (Å²) in [6, 6.07) is 10.3. The van der Waals surface area contributed by atoms with Gasteiger partial charge in [0.2, 0.25) is 0 Å². The Hall–Kier alpha value is -1.08. The van der Waals surface area contributed by atoms with Gasteiger partial charge in [0.25, 0.3) is 0 Å². The number of rotatable bonds is 2. The Morgan fingerprint density at radius 3 is 2.52 bits per heavy atom. The summed E-state index contributed by atoms with van der Waals surface area (Å²) in [5.74, 6) is 0. The molecule has 1 saturated carbocycles. The monoisotopic (exact) mass is 305 g/mol. The number of hydrogen-bond donors (Lipinski definition) is 1. The van der Waals surface area contributed by atoms with Crippen LogP contribution in [0.25, 0.3) is 0 Å². The number of hydrogen-bond acceptors (Lipinski definition) is 3. The van der Waals surface area contributed by atoms with E-state index in [9.17, 15) is 0 Å². The summed E-state index contributed by atoms with van der Waals surface area (Å²) < 4.78 is 0. The summed E-state index contributed by atoms with van der Waals surface area (Å²) in [5, 5.41) is 12.5. The molecule has 0 amide bonds. The van der Waals surface area contributed by atoms with Gasteiger partial charge in [0.1, 0.15) is 0 Å². The summed E-state index contributed by atoms with van der Waals surface area (Å²) in [5.41, 5.74) is 2.46. The fourth-order valence-electron chi connectivity index (χ4n) is 3.74. The van der Waals surface area contributed by atoms with Gasteiger partial charge in [-0.05, 0) is 30.5 Å². The van der Waals surface area contributed by atoms with Gasteiger partial charge in [0.05, 0.1) is 11.6 Å². The van der Waals surface area contributed by atoms with Crippen molar-refractivity contribution in [2.75, 3.05) is 19.6 Å². The minimum absolute atomic E-state index is 0. The van der Waals surface area contributed by atoms with Crippen LogP contribution in [0.2, 0.25) is 0 Å². The zero-order valence-electron chi connectivity index (χ0n) is 12.5. The normalized spacial score (nSPS) is 21.5. The van der Waals surface area contributed by atoms with E-state index in [0.29, 0.717) is 5.54 Å². The predicted molar refractivity (Wildman–Crippen MR) is 87.5 cm³/mol. The second kappa shape index (κ2) is 7.26. The van der Waals surface area contributed by atoms with E-state index in [0.717, 1.165) is 31.7 Å². The molecule has 1 aromatic carbocycles. The van der Waals surface area contributed by atoms with Crippen LogP contribution in [0.5, 0.6) is 0 Å².